The molecule has 1 aromatic heterocycles. The number of ether oxygens (including phenoxy) is 1. The van der Waals surface area contributed by atoms with Gasteiger partial charge in [0.05, 0.1) is 11.5 Å². The molecule has 0 bridgehead atoms. The minimum atomic E-state index is -2.99. The van der Waals surface area contributed by atoms with Crippen molar-refractivity contribution in [2.45, 2.75) is 46.3 Å². The normalized spacial score (nSPS) is 16.7. The van der Waals surface area contributed by atoms with Gasteiger partial charge in [0.15, 0.2) is 15.7 Å². The molecule has 0 unspecified atom stereocenters. The van der Waals surface area contributed by atoms with E-state index in [9.17, 15) is 8.42 Å². The molecule has 0 aliphatic carbocycles. The predicted molar refractivity (Wildman–Crippen MR) is 92.0 cm³/mol. The summed E-state index contributed by atoms with van der Waals surface area (Å²) in [6.45, 7) is 6.98. The maximum absolute atomic E-state index is 11.8. The zero-order valence-corrected chi connectivity index (χ0v) is 15.1. The van der Waals surface area contributed by atoms with Gasteiger partial charge in [-0.25, -0.2) is 8.42 Å². The quantitative estimate of drug-likeness (QED) is 0.846. The first-order chi connectivity index (χ1) is 11.4. The summed E-state index contributed by atoms with van der Waals surface area (Å²) in [5, 5.41) is 8.33. The third-order valence-corrected chi connectivity index (χ3v) is 5.95. The van der Waals surface area contributed by atoms with Gasteiger partial charge in [0.2, 0.25) is 0 Å². The lowest BCUT2D eigenvalue weighted by molar-refractivity contribution is 0.285. The number of hydrogen-bond donors (Lipinski definition) is 0. The first-order valence-electron chi connectivity index (χ1n) is 8.20. The van der Waals surface area contributed by atoms with Gasteiger partial charge in [-0.1, -0.05) is 26.0 Å². The second kappa shape index (κ2) is 6.55. The highest BCUT2D eigenvalue weighted by Crippen LogP contribution is 2.28. The average Bonchev–Trinajstić information content (AvgIpc) is 2.84. The van der Waals surface area contributed by atoms with Gasteiger partial charge >= 0.3 is 0 Å². The number of hydrogen-bond acceptors (Lipinski definition) is 5. The molecule has 0 atom stereocenters. The fourth-order valence-electron chi connectivity index (χ4n) is 2.89. The van der Waals surface area contributed by atoms with Crippen LogP contribution < -0.4 is 4.74 Å². The molecule has 0 saturated heterocycles. The third-order valence-electron chi connectivity index (χ3n) is 4.31. The summed E-state index contributed by atoms with van der Waals surface area (Å²) in [6.07, 6.45) is 0.414. The van der Waals surface area contributed by atoms with E-state index in [4.69, 9.17) is 4.74 Å². The molecule has 1 aromatic carbocycles. The fourth-order valence-corrected chi connectivity index (χ4v) is 4.05. The number of nitrogens with zero attached hydrogens (tertiary/aromatic N) is 3. The van der Waals surface area contributed by atoms with E-state index in [0.717, 1.165) is 22.7 Å². The summed E-state index contributed by atoms with van der Waals surface area (Å²) >= 11 is 0. The number of aromatic nitrogens is 3. The SMILES string of the molecule is Cc1ccc(C(C)C)c(OCc2nnc3n2CCS(=O)(=O)CC3)c1. The lowest BCUT2D eigenvalue weighted by atomic mass is 10.0. The molecule has 1 aliphatic rings. The highest BCUT2D eigenvalue weighted by atomic mass is 32.2. The van der Waals surface area contributed by atoms with Crippen molar-refractivity contribution >= 4 is 9.84 Å². The summed E-state index contributed by atoms with van der Waals surface area (Å²) in [5.74, 6) is 2.89. The van der Waals surface area contributed by atoms with Crippen molar-refractivity contribution < 1.29 is 13.2 Å². The Morgan fingerprint density at radius 2 is 2.04 bits per heavy atom. The van der Waals surface area contributed by atoms with E-state index in [1.54, 1.807) is 0 Å². The van der Waals surface area contributed by atoms with Crippen molar-refractivity contribution in [1.29, 1.82) is 0 Å². The molecule has 6 nitrogen and oxygen atoms in total. The molecule has 0 fully saturated rings. The lowest BCUT2D eigenvalue weighted by Crippen LogP contribution is -2.14. The van der Waals surface area contributed by atoms with E-state index < -0.39 is 9.84 Å². The van der Waals surface area contributed by atoms with Gasteiger partial charge in [-0.15, -0.1) is 10.2 Å². The summed E-state index contributed by atoms with van der Waals surface area (Å²) in [5.41, 5.74) is 2.29. The minimum Gasteiger partial charge on any atom is -0.485 e. The van der Waals surface area contributed by atoms with Gasteiger partial charge in [0.1, 0.15) is 18.2 Å². The molecule has 130 valence electrons. The number of benzene rings is 1. The molecule has 0 amide bonds. The monoisotopic (exact) mass is 349 g/mol. The maximum atomic E-state index is 11.8. The van der Waals surface area contributed by atoms with Crippen molar-refractivity contribution in [1.82, 2.24) is 14.8 Å². The van der Waals surface area contributed by atoms with E-state index in [2.05, 4.69) is 36.2 Å². The van der Waals surface area contributed by atoms with Gasteiger partial charge < -0.3 is 9.30 Å². The van der Waals surface area contributed by atoms with Crippen LogP contribution in [-0.2, 0) is 29.4 Å². The number of rotatable bonds is 4. The van der Waals surface area contributed by atoms with Crippen LogP contribution in [0.25, 0.3) is 0 Å². The van der Waals surface area contributed by atoms with E-state index in [1.807, 2.05) is 17.6 Å². The molecule has 2 heterocycles. The van der Waals surface area contributed by atoms with Crippen molar-refractivity contribution in [3.8, 4) is 5.75 Å². The van der Waals surface area contributed by atoms with Crippen molar-refractivity contribution in [3.05, 3.63) is 41.0 Å². The Hall–Kier alpha value is -1.89. The molecule has 2 aromatic rings. The molecule has 3 rings (SSSR count). The Morgan fingerprint density at radius 1 is 1.25 bits per heavy atom. The molecule has 0 saturated carbocycles. The van der Waals surface area contributed by atoms with Crippen LogP contribution in [0.15, 0.2) is 18.2 Å². The van der Waals surface area contributed by atoms with Gasteiger partial charge in [-0.3, -0.25) is 0 Å². The van der Waals surface area contributed by atoms with Crippen molar-refractivity contribution in [3.63, 3.8) is 0 Å². The van der Waals surface area contributed by atoms with E-state index >= 15 is 0 Å². The standard InChI is InChI=1S/C17H23N3O3S/c1-12(2)14-5-4-13(3)10-15(14)23-11-17-19-18-16-6-8-24(21,22)9-7-20(16)17/h4-5,10,12H,6-9,11H2,1-3H3. The molecule has 0 radical (unpaired) electrons. The predicted octanol–water partition coefficient (Wildman–Crippen LogP) is 2.26. The first kappa shape index (κ1) is 17.0. The van der Waals surface area contributed by atoms with Crippen LogP contribution >= 0.6 is 0 Å². The van der Waals surface area contributed by atoms with Crippen LogP contribution in [0.3, 0.4) is 0 Å². The van der Waals surface area contributed by atoms with Gasteiger partial charge in [-0.05, 0) is 30.0 Å². The molecular weight excluding hydrogens is 326 g/mol. The average molecular weight is 349 g/mol. The van der Waals surface area contributed by atoms with E-state index in [1.165, 1.54) is 0 Å². The minimum absolute atomic E-state index is 0.132. The molecule has 24 heavy (non-hydrogen) atoms. The molecule has 1 aliphatic heterocycles. The number of aryl methyl sites for hydroxylation is 2. The Balaban J connectivity index is 1.80. The van der Waals surface area contributed by atoms with Gasteiger partial charge in [-0.2, -0.15) is 0 Å². The number of sulfone groups is 1. The lowest BCUT2D eigenvalue weighted by Gasteiger charge is -2.15. The Kier molecular flexibility index (Phi) is 4.62. The molecular formula is C17H23N3O3S. The van der Waals surface area contributed by atoms with E-state index in [0.29, 0.717) is 24.7 Å². The zero-order valence-electron chi connectivity index (χ0n) is 14.3. The fraction of sp³-hybridized carbons (Fsp3) is 0.529. The van der Waals surface area contributed by atoms with Gasteiger partial charge in [0.25, 0.3) is 0 Å². The summed E-state index contributed by atoms with van der Waals surface area (Å²) < 4.78 is 31.5. The second-order valence-corrected chi connectivity index (χ2v) is 8.87. The Morgan fingerprint density at radius 3 is 2.79 bits per heavy atom. The molecule has 0 N–H and O–H groups in total. The number of fused-ring (bicyclic) bond motifs is 1. The largest absolute Gasteiger partial charge is 0.485 e. The van der Waals surface area contributed by atoms with Gasteiger partial charge in [0, 0.05) is 13.0 Å². The summed E-state index contributed by atoms with van der Waals surface area (Å²) in [6, 6.07) is 6.20. The van der Waals surface area contributed by atoms with E-state index in [-0.39, 0.29) is 18.1 Å². The van der Waals surface area contributed by atoms with Crippen LogP contribution in [0.4, 0.5) is 0 Å². The highest BCUT2D eigenvalue weighted by Gasteiger charge is 2.22. The first-order valence-corrected chi connectivity index (χ1v) is 10.0. The topological polar surface area (TPSA) is 74.1 Å². The van der Waals surface area contributed by atoms with Crippen LogP contribution in [0.5, 0.6) is 5.75 Å². The van der Waals surface area contributed by atoms with Crippen LogP contribution in [0.2, 0.25) is 0 Å². The Bertz CT molecular complexity index is 841. The van der Waals surface area contributed by atoms with Crippen LogP contribution in [-0.4, -0.2) is 34.7 Å². The van der Waals surface area contributed by atoms with Crippen molar-refractivity contribution in [2.75, 3.05) is 11.5 Å². The molecule has 0 spiro atoms. The highest BCUT2D eigenvalue weighted by molar-refractivity contribution is 7.91. The summed E-state index contributed by atoms with van der Waals surface area (Å²) in [7, 11) is -2.99. The smallest absolute Gasteiger partial charge is 0.171 e. The van der Waals surface area contributed by atoms with Crippen LogP contribution in [0, 0.1) is 6.92 Å². The zero-order chi connectivity index (χ0) is 17.3. The van der Waals surface area contributed by atoms with Crippen LogP contribution in [0.1, 0.15) is 42.5 Å². The van der Waals surface area contributed by atoms with Crippen molar-refractivity contribution in [2.24, 2.45) is 0 Å². The molecule has 7 heteroatoms. The maximum Gasteiger partial charge on any atom is 0.171 e. The second-order valence-electron chi connectivity index (χ2n) is 6.57. The summed E-state index contributed by atoms with van der Waals surface area (Å²) in [4.78, 5) is 0. The third kappa shape index (κ3) is 3.61. The Labute approximate surface area is 142 Å².